The van der Waals surface area contributed by atoms with Crippen LogP contribution in [0.5, 0.6) is 0 Å². The van der Waals surface area contributed by atoms with Crippen LogP contribution in [0.3, 0.4) is 0 Å². The summed E-state index contributed by atoms with van der Waals surface area (Å²) in [5, 5.41) is 3.52. The number of hydrogen-bond donors (Lipinski definition) is 1. The molecule has 128 valence electrons. The van der Waals surface area contributed by atoms with Crippen molar-refractivity contribution in [3.63, 3.8) is 0 Å². The molecule has 1 aliphatic heterocycles. The normalized spacial score (nSPS) is 16.5. The Balaban J connectivity index is 1.95. The van der Waals surface area contributed by atoms with E-state index in [1.54, 1.807) is 0 Å². The van der Waals surface area contributed by atoms with Crippen LogP contribution in [-0.4, -0.2) is 29.1 Å². The van der Waals surface area contributed by atoms with E-state index in [4.69, 9.17) is 9.97 Å². The lowest BCUT2D eigenvalue weighted by atomic mass is 10.1. The first kappa shape index (κ1) is 16.7. The average Bonchev–Trinajstić information content (AvgIpc) is 2.91. The predicted molar refractivity (Wildman–Crippen MR) is 102 cm³/mol. The van der Waals surface area contributed by atoms with Gasteiger partial charge in [0.2, 0.25) is 5.95 Å². The first-order chi connectivity index (χ1) is 11.8. The molecule has 2 heterocycles. The highest BCUT2D eigenvalue weighted by atomic mass is 15.3. The fourth-order valence-electron chi connectivity index (χ4n) is 3.03. The molecule has 1 aromatic carbocycles. The van der Waals surface area contributed by atoms with Gasteiger partial charge < -0.3 is 10.2 Å². The molecule has 1 aliphatic rings. The van der Waals surface area contributed by atoms with E-state index in [9.17, 15) is 0 Å². The molecule has 1 aromatic heterocycles. The Morgan fingerprint density at radius 2 is 1.75 bits per heavy atom. The van der Waals surface area contributed by atoms with Crippen molar-refractivity contribution in [2.24, 2.45) is 0 Å². The number of anilines is 2. The summed E-state index contributed by atoms with van der Waals surface area (Å²) in [5.41, 5.74) is 2.14. The summed E-state index contributed by atoms with van der Waals surface area (Å²) in [6.07, 6.45) is 6.16. The highest BCUT2D eigenvalue weighted by Gasteiger charge is 2.15. The lowest BCUT2D eigenvalue weighted by Crippen LogP contribution is -2.27. The van der Waals surface area contributed by atoms with Crippen molar-refractivity contribution in [3.8, 4) is 11.3 Å². The highest BCUT2D eigenvalue weighted by Crippen LogP contribution is 2.25. The Labute approximate surface area is 145 Å². The molecule has 1 fully saturated rings. The summed E-state index contributed by atoms with van der Waals surface area (Å²) >= 11 is 0. The third kappa shape index (κ3) is 4.25. The summed E-state index contributed by atoms with van der Waals surface area (Å²) in [7, 11) is 0. The zero-order valence-electron chi connectivity index (χ0n) is 14.8. The monoisotopic (exact) mass is 324 g/mol. The smallest absolute Gasteiger partial charge is 0.227 e. The van der Waals surface area contributed by atoms with Crippen LogP contribution < -0.4 is 10.2 Å². The molecule has 24 heavy (non-hydrogen) atoms. The van der Waals surface area contributed by atoms with Crippen LogP contribution in [0.4, 0.5) is 11.8 Å². The lowest BCUT2D eigenvalue weighted by molar-refractivity contribution is 0.726. The first-order valence-corrected chi connectivity index (χ1v) is 9.22. The van der Waals surface area contributed by atoms with Gasteiger partial charge in [-0.1, -0.05) is 50.1 Å². The van der Waals surface area contributed by atoms with E-state index in [1.165, 1.54) is 25.7 Å². The van der Waals surface area contributed by atoms with Crippen LogP contribution in [0.2, 0.25) is 0 Å². The fourth-order valence-corrected chi connectivity index (χ4v) is 3.03. The molecule has 3 rings (SSSR count). The number of nitrogens with one attached hydrogen (secondary N) is 1. The molecule has 2 aromatic rings. The zero-order chi connectivity index (χ0) is 16.8. The van der Waals surface area contributed by atoms with Crippen LogP contribution in [0.1, 0.15) is 46.0 Å². The van der Waals surface area contributed by atoms with E-state index >= 15 is 0 Å². The van der Waals surface area contributed by atoms with Gasteiger partial charge in [-0.2, -0.15) is 4.98 Å². The predicted octanol–water partition coefficient (Wildman–Crippen LogP) is 4.73. The van der Waals surface area contributed by atoms with E-state index < -0.39 is 0 Å². The molecule has 0 radical (unpaired) electrons. The second kappa shape index (κ2) is 8.13. The molecule has 1 N–H and O–H groups in total. The molecule has 0 amide bonds. The Morgan fingerprint density at radius 3 is 2.42 bits per heavy atom. The van der Waals surface area contributed by atoms with Gasteiger partial charge in [-0.05, 0) is 26.2 Å². The van der Waals surface area contributed by atoms with Crippen molar-refractivity contribution in [2.75, 3.05) is 23.3 Å². The topological polar surface area (TPSA) is 41.1 Å². The standard InChI is InChI=1S/C20H28N4/c1-3-16(2)21-19-15-18(17-11-7-6-8-12-17)22-20(23-19)24-13-9-4-5-10-14-24/h6-8,11-12,15-16H,3-5,9-10,13-14H2,1-2H3,(H,21,22,23). The Kier molecular flexibility index (Phi) is 5.68. The molecule has 0 saturated carbocycles. The molecule has 1 unspecified atom stereocenters. The zero-order valence-corrected chi connectivity index (χ0v) is 14.8. The van der Waals surface area contributed by atoms with Gasteiger partial charge in [-0.25, -0.2) is 4.98 Å². The first-order valence-electron chi connectivity index (χ1n) is 9.22. The van der Waals surface area contributed by atoms with Crippen molar-refractivity contribution in [2.45, 2.75) is 52.0 Å². The van der Waals surface area contributed by atoms with E-state index in [0.717, 1.165) is 42.5 Å². The van der Waals surface area contributed by atoms with E-state index in [1.807, 2.05) is 6.07 Å². The Morgan fingerprint density at radius 1 is 1.04 bits per heavy atom. The minimum absolute atomic E-state index is 0.403. The summed E-state index contributed by atoms with van der Waals surface area (Å²) in [6.45, 7) is 6.49. The molecule has 0 aliphatic carbocycles. The summed E-state index contributed by atoms with van der Waals surface area (Å²) in [6, 6.07) is 12.9. The highest BCUT2D eigenvalue weighted by molar-refractivity contribution is 5.64. The molecule has 1 atom stereocenters. The maximum atomic E-state index is 4.88. The van der Waals surface area contributed by atoms with Gasteiger partial charge in [-0.15, -0.1) is 0 Å². The van der Waals surface area contributed by atoms with Crippen LogP contribution in [0, 0.1) is 0 Å². The van der Waals surface area contributed by atoms with E-state index in [0.29, 0.717) is 6.04 Å². The van der Waals surface area contributed by atoms with E-state index in [-0.39, 0.29) is 0 Å². The number of hydrogen-bond acceptors (Lipinski definition) is 4. The van der Waals surface area contributed by atoms with Crippen LogP contribution in [0.15, 0.2) is 36.4 Å². The Bertz CT molecular complexity index is 633. The molecule has 0 spiro atoms. The van der Waals surface area contributed by atoms with Crippen LogP contribution >= 0.6 is 0 Å². The van der Waals surface area contributed by atoms with Crippen LogP contribution in [-0.2, 0) is 0 Å². The minimum atomic E-state index is 0.403. The van der Waals surface area contributed by atoms with Crippen LogP contribution in [0.25, 0.3) is 11.3 Å². The molecular weight excluding hydrogens is 296 g/mol. The van der Waals surface area contributed by atoms with Crippen molar-refractivity contribution < 1.29 is 0 Å². The Hall–Kier alpha value is -2.10. The van der Waals surface area contributed by atoms with Crippen molar-refractivity contribution in [1.82, 2.24) is 9.97 Å². The third-order valence-corrected chi connectivity index (χ3v) is 4.68. The van der Waals surface area contributed by atoms with Crippen molar-refractivity contribution in [3.05, 3.63) is 36.4 Å². The molecule has 4 nitrogen and oxygen atoms in total. The van der Waals surface area contributed by atoms with Gasteiger partial charge in [0, 0.05) is 30.8 Å². The number of aromatic nitrogens is 2. The van der Waals surface area contributed by atoms with Gasteiger partial charge >= 0.3 is 0 Å². The summed E-state index contributed by atoms with van der Waals surface area (Å²) < 4.78 is 0. The van der Waals surface area contributed by atoms with Gasteiger partial charge in [0.25, 0.3) is 0 Å². The maximum absolute atomic E-state index is 4.88. The van der Waals surface area contributed by atoms with Crippen molar-refractivity contribution in [1.29, 1.82) is 0 Å². The number of benzene rings is 1. The van der Waals surface area contributed by atoms with Gasteiger partial charge in [0.05, 0.1) is 5.69 Å². The third-order valence-electron chi connectivity index (χ3n) is 4.68. The quantitative estimate of drug-likeness (QED) is 0.863. The van der Waals surface area contributed by atoms with E-state index in [2.05, 4.69) is 54.4 Å². The number of rotatable bonds is 5. The molecule has 4 heteroatoms. The summed E-state index contributed by atoms with van der Waals surface area (Å²) in [4.78, 5) is 12.0. The van der Waals surface area contributed by atoms with Crippen molar-refractivity contribution >= 4 is 11.8 Å². The van der Waals surface area contributed by atoms with Gasteiger partial charge in [-0.3, -0.25) is 0 Å². The summed E-state index contributed by atoms with van der Waals surface area (Å²) in [5.74, 6) is 1.79. The molecule has 1 saturated heterocycles. The van der Waals surface area contributed by atoms with Gasteiger partial charge in [0.1, 0.15) is 5.82 Å². The second-order valence-electron chi connectivity index (χ2n) is 6.66. The molecular formula is C20H28N4. The average molecular weight is 324 g/mol. The second-order valence-corrected chi connectivity index (χ2v) is 6.66. The minimum Gasteiger partial charge on any atom is -0.367 e. The largest absolute Gasteiger partial charge is 0.367 e. The number of nitrogens with zero attached hydrogens (tertiary/aromatic N) is 3. The molecule has 0 bridgehead atoms. The fraction of sp³-hybridized carbons (Fsp3) is 0.500. The SMILES string of the molecule is CCC(C)Nc1cc(-c2ccccc2)nc(N2CCCCCC2)n1. The van der Waals surface area contributed by atoms with Gasteiger partial charge in [0.15, 0.2) is 0 Å². The maximum Gasteiger partial charge on any atom is 0.227 e. The lowest BCUT2D eigenvalue weighted by Gasteiger charge is -2.22.